The average molecular weight is 351 g/mol. The van der Waals surface area contributed by atoms with E-state index in [1.165, 1.54) is 38.9 Å². The van der Waals surface area contributed by atoms with Crippen LogP contribution in [0.3, 0.4) is 0 Å². The molecule has 0 saturated carbocycles. The fourth-order valence-electron chi connectivity index (χ4n) is 2.09. The van der Waals surface area contributed by atoms with Crippen LogP contribution in [0.25, 0.3) is 0 Å². The van der Waals surface area contributed by atoms with Crippen molar-refractivity contribution >= 4 is 11.0 Å². The van der Waals surface area contributed by atoms with Crippen molar-refractivity contribution in [1.82, 2.24) is 0 Å². The molecule has 2 rings (SSSR count). The summed E-state index contributed by atoms with van der Waals surface area (Å²) in [4.78, 5) is 0. The van der Waals surface area contributed by atoms with Crippen molar-refractivity contribution < 1.29 is 26.2 Å². The van der Waals surface area contributed by atoms with E-state index in [9.17, 15) is 0 Å². The van der Waals surface area contributed by atoms with Gasteiger partial charge in [0.25, 0.3) is 0 Å². The van der Waals surface area contributed by atoms with Gasteiger partial charge >= 0.3 is 26.2 Å². The van der Waals surface area contributed by atoms with E-state index in [1.807, 2.05) is 0 Å². The summed E-state index contributed by atoms with van der Waals surface area (Å²) in [6.45, 7) is 15.1. The topological polar surface area (TPSA) is 0 Å². The third-order valence-electron chi connectivity index (χ3n) is 3.69. The summed E-state index contributed by atoms with van der Waals surface area (Å²) < 4.78 is 0. The van der Waals surface area contributed by atoms with Gasteiger partial charge in [-0.05, 0) is 11.0 Å². The summed E-state index contributed by atoms with van der Waals surface area (Å²) in [7, 11) is 0. The van der Waals surface area contributed by atoms with Crippen LogP contribution in [0.4, 0.5) is 0 Å². The second-order valence-corrected chi connectivity index (χ2v) is 5.16. The Hall–Kier alpha value is -0.200. The molecule has 0 atom stereocenters. The van der Waals surface area contributed by atoms with Gasteiger partial charge in [0.05, 0.1) is 0 Å². The van der Waals surface area contributed by atoms with Crippen LogP contribution in [-0.4, -0.2) is 11.0 Å². The first-order chi connectivity index (χ1) is 7.82. The Balaban J connectivity index is 0. The fraction of sp³-hybridized carbons (Fsp3) is 0.412. The first-order valence-electron chi connectivity index (χ1n) is 6.23. The zero-order valence-electron chi connectivity index (χ0n) is 13.7. The van der Waals surface area contributed by atoms with E-state index in [-0.39, 0.29) is 37.2 Å². The maximum Gasteiger partial charge on any atom is 2.00 e. The van der Waals surface area contributed by atoms with E-state index in [2.05, 4.69) is 66.7 Å². The Kier molecular flexibility index (Phi) is 9.85. The number of aryl methyl sites for hydroxylation is 5. The molecule has 103 valence electrons. The molecule has 0 nitrogen and oxygen atoms in total. The first kappa shape index (κ1) is 21.1. The molecule has 0 amide bonds. The molecular weight excluding hydrogens is 323 g/mol. The quantitative estimate of drug-likeness (QED) is 0.501. The average Bonchev–Trinajstić information content (AvgIpc) is 2.64. The predicted molar refractivity (Wildman–Crippen MR) is 87.2 cm³/mol. The Morgan fingerprint density at radius 1 is 0.947 bits per heavy atom. The van der Waals surface area contributed by atoms with Crippen LogP contribution in [0.15, 0.2) is 18.2 Å². The van der Waals surface area contributed by atoms with Gasteiger partial charge < -0.3 is 0 Å². The summed E-state index contributed by atoms with van der Waals surface area (Å²) in [5.41, 5.74) is 9.93. The van der Waals surface area contributed by atoms with Crippen LogP contribution < -0.4 is 0 Å². The van der Waals surface area contributed by atoms with Gasteiger partial charge in [0.2, 0.25) is 0 Å². The summed E-state index contributed by atoms with van der Waals surface area (Å²) in [5.74, 6) is 0. The van der Waals surface area contributed by atoms with E-state index >= 15 is 0 Å². The Bertz CT molecular complexity index is 462. The van der Waals surface area contributed by atoms with Gasteiger partial charge in [0.15, 0.2) is 0 Å². The second kappa shape index (κ2) is 8.87. The van der Waals surface area contributed by atoms with Gasteiger partial charge in [0, 0.05) is 0 Å². The smallest absolute Gasteiger partial charge is 0.208 e. The van der Waals surface area contributed by atoms with Crippen molar-refractivity contribution in [3.8, 4) is 0 Å². The minimum atomic E-state index is 0. The zero-order chi connectivity index (χ0) is 13.2. The van der Waals surface area contributed by atoms with Crippen LogP contribution in [0, 0.1) is 48.5 Å². The normalized spacial score (nSPS) is 9.00. The molecule has 0 aromatic heterocycles. The third-order valence-corrected chi connectivity index (χ3v) is 3.69. The minimum absolute atomic E-state index is 0. The summed E-state index contributed by atoms with van der Waals surface area (Å²) in [6, 6.07) is 6.65. The van der Waals surface area contributed by atoms with Gasteiger partial charge in [0.1, 0.15) is 0 Å². The van der Waals surface area contributed by atoms with E-state index in [1.54, 1.807) is 0 Å². The van der Waals surface area contributed by atoms with Gasteiger partial charge in [-0.2, -0.15) is 51.1 Å². The Morgan fingerprint density at radius 2 is 1.47 bits per heavy atom. The molecule has 0 bridgehead atoms. The van der Waals surface area contributed by atoms with E-state index in [0.717, 1.165) is 0 Å². The van der Waals surface area contributed by atoms with Gasteiger partial charge in [-0.25, -0.2) is 6.07 Å². The van der Waals surface area contributed by atoms with Crippen LogP contribution in [0.1, 0.15) is 38.9 Å². The maximum atomic E-state index is 2.24. The molecule has 0 aliphatic rings. The van der Waals surface area contributed by atoms with Gasteiger partial charge in [-0.15, -0.1) is 0 Å². The molecule has 0 heterocycles. The molecule has 2 aromatic rings. The molecule has 2 aromatic carbocycles. The maximum absolute atomic E-state index is 2.24. The molecule has 0 aliphatic carbocycles. The van der Waals surface area contributed by atoms with Crippen molar-refractivity contribution in [1.29, 1.82) is 0 Å². The summed E-state index contributed by atoms with van der Waals surface area (Å²) in [6.07, 6.45) is 0. The molecule has 19 heavy (non-hydrogen) atoms. The number of hydrogen-bond donors (Lipinski definition) is 0. The molecule has 2 heteroatoms. The van der Waals surface area contributed by atoms with Crippen molar-refractivity contribution in [3.63, 3.8) is 0 Å². The molecule has 0 N–H and O–H groups in total. The number of rotatable bonds is 0. The Morgan fingerprint density at radius 3 is 1.58 bits per heavy atom. The van der Waals surface area contributed by atoms with E-state index in [4.69, 9.17) is 0 Å². The van der Waals surface area contributed by atoms with Crippen molar-refractivity contribution in [2.45, 2.75) is 48.5 Å². The van der Waals surface area contributed by atoms with E-state index in [0.29, 0.717) is 0 Å². The zero-order valence-corrected chi connectivity index (χ0v) is 18.2. The van der Waals surface area contributed by atoms with Crippen molar-refractivity contribution in [2.75, 3.05) is 0 Å². The first-order valence-corrected chi connectivity index (χ1v) is 6.23. The summed E-state index contributed by atoms with van der Waals surface area (Å²) in [5, 5.41) is 0. The van der Waals surface area contributed by atoms with Crippen molar-refractivity contribution in [3.05, 3.63) is 57.1 Å². The third kappa shape index (κ3) is 5.75. The molecule has 0 aliphatic heterocycles. The number of hydrogen-bond acceptors (Lipinski definition) is 0. The minimum Gasteiger partial charge on any atom is -0.208 e. The summed E-state index contributed by atoms with van der Waals surface area (Å²) >= 11 is 0. The molecule has 0 unspecified atom stereocenters. The second-order valence-electron chi connectivity index (χ2n) is 5.16. The predicted octanol–water partition coefficient (Wildman–Crippen LogP) is 3.78. The van der Waals surface area contributed by atoms with Crippen molar-refractivity contribution in [2.24, 2.45) is 0 Å². The largest absolute Gasteiger partial charge is 2.00 e. The van der Waals surface area contributed by atoms with Gasteiger partial charge in [-0.3, -0.25) is 0 Å². The van der Waals surface area contributed by atoms with Crippen LogP contribution >= 0.6 is 0 Å². The molecule has 0 fully saturated rings. The monoisotopic (exact) mass is 349 g/mol. The SMILES string of the molecule is Cc1c[c-](C)c(C)c1C.Cc1cc(C)c(C)[cH-]1.[SiH3].[Zr+2]. The van der Waals surface area contributed by atoms with E-state index < -0.39 is 0 Å². The molecule has 0 spiro atoms. The molecule has 0 saturated heterocycles. The molecular formula is C17H27SiZr. The van der Waals surface area contributed by atoms with Crippen LogP contribution in [0.5, 0.6) is 0 Å². The fourth-order valence-corrected chi connectivity index (χ4v) is 2.09. The van der Waals surface area contributed by atoms with Gasteiger partial charge in [-0.1, -0.05) is 48.5 Å². The van der Waals surface area contributed by atoms with Crippen LogP contribution in [-0.2, 0) is 26.2 Å². The molecule has 1 radical (unpaired) electrons. The standard InChI is InChI=1S/C9H13.C8H11.H3Si.Zr/c1-6-5-7(2)9(4)8(6)3;1-6-4-7(2)8(3)5-6;;/h5H,1-4H3;4-5H,1-3H3;1H3;/q2*-1;;+2. The Labute approximate surface area is 142 Å². The van der Waals surface area contributed by atoms with Crippen LogP contribution in [0.2, 0.25) is 0 Å².